The fourth-order valence-electron chi connectivity index (χ4n) is 2.56. The first kappa shape index (κ1) is 18.2. The number of nitrogens with one attached hydrogen (secondary N) is 2. The van der Waals surface area contributed by atoms with Crippen LogP contribution in [0, 0.1) is 5.92 Å². The monoisotopic (exact) mass is 367 g/mol. The number of imide groups is 1. The first-order chi connectivity index (χ1) is 13.0. The molecule has 0 aliphatic carbocycles. The van der Waals surface area contributed by atoms with Crippen molar-refractivity contribution in [2.75, 3.05) is 6.54 Å². The number of hydrazone groups is 1. The molecule has 9 heteroatoms. The van der Waals surface area contributed by atoms with E-state index >= 15 is 0 Å². The van der Waals surface area contributed by atoms with Crippen LogP contribution >= 0.6 is 0 Å². The minimum atomic E-state index is -0.711. The molecule has 1 aromatic heterocycles. The maximum absolute atomic E-state index is 12.5. The second kappa shape index (κ2) is 7.75. The summed E-state index contributed by atoms with van der Waals surface area (Å²) in [4.78, 5) is 40.8. The summed E-state index contributed by atoms with van der Waals surface area (Å²) < 4.78 is 0. The van der Waals surface area contributed by atoms with Gasteiger partial charge in [-0.2, -0.15) is 10.1 Å². The molecule has 138 valence electrons. The van der Waals surface area contributed by atoms with Crippen LogP contribution in [-0.4, -0.2) is 45.1 Å². The van der Waals surface area contributed by atoms with E-state index in [9.17, 15) is 19.5 Å². The second-order valence-electron chi connectivity index (χ2n) is 5.84. The molecule has 0 spiro atoms. The van der Waals surface area contributed by atoms with Crippen molar-refractivity contribution < 1.29 is 19.5 Å². The van der Waals surface area contributed by atoms with Gasteiger partial charge < -0.3 is 5.11 Å². The summed E-state index contributed by atoms with van der Waals surface area (Å²) in [5, 5.41) is 14.5. The number of para-hydroxylation sites is 1. The maximum atomic E-state index is 12.5. The molecule has 3 amide bonds. The highest BCUT2D eigenvalue weighted by Crippen LogP contribution is 2.22. The second-order valence-corrected chi connectivity index (χ2v) is 5.84. The number of hydrogen-bond donors (Lipinski definition) is 3. The molecule has 1 aliphatic rings. The molecule has 1 aliphatic heterocycles. The van der Waals surface area contributed by atoms with Gasteiger partial charge in [-0.1, -0.05) is 12.1 Å². The van der Waals surface area contributed by atoms with E-state index < -0.39 is 17.7 Å². The number of hydrogen-bond acceptors (Lipinski definition) is 7. The van der Waals surface area contributed by atoms with Crippen molar-refractivity contribution in [2.45, 2.75) is 6.92 Å². The quantitative estimate of drug-likeness (QED) is 0.528. The molecule has 3 rings (SSSR count). The number of aromatic hydroxyl groups is 1. The zero-order chi connectivity index (χ0) is 19.4. The van der Waals surface area contributed by atoms with Crippen molar-refractivity contribution in [3.63, 3.8) is 0 Å². The Kier molecular flexibility index (Phi) is 5.23. The van der Waals surface area contributed by atoms with Crippen LogP contribution in [0.1, 0.15) is 27.6 Å². The molecular weight excluding hydrogens is 350 g/mol. The Labute approximate surface area is 154 Å². The van der Waals surface area contributed by atoms with Gasteiger partial charge in [-0.15, -0.1) is 0 Å². The average Bonchev–Trinajstić information content (AvgIpc) is 2.96. The summed E-state index contributed by atoms with van der Waals surface area (Å²) in [6, 6.07) is 9.03. The third kappa shape index (κ3) is 3.82. The van der Waals surface area contributed by atoms with Gasteiger partial charge in [-0.05, 0) is 31.2 Å². The minimum absolute atomic E-state index is 0.0120. The smallest absolute Gasteiger partial charge is 0.284 e. The molecule has 1 aromatic carbocycles. The average molecular weight is 367 g/mol. The Balaban J connectivity index is 1.61. The Bertz CT molecular complexity index is 913. The van der Waals surface area contributed by atoms with Crippen LogP contribution in [0.3, 0.4) is 0 Å². The van der Waals surface area contributed by atoms with Crippen molar-refractivity contribution in [1.29, 1.82) is 0 Å². The van der Waals surface area contributed by atoms with Crippen LogP contribution in [0.15, 0.2) is 53.9 Å². The molecule has 0 saturated heterocycles. The molecule has 0 bridgehead atoms. The van der Waals surface area contributed by atoms with Gasteiger partial charge in [0.15, 0.2) is 0 Å². The van der Waals surface area contributed by atoms with Crippen LogP contribution in [-0.2, 0) is 4.79 Å². The molecule has 2 aromatic rings. The fraction of sp³-hybridized carbons (Fsp3) is 0.167. The zero-order valence-corrected chi connectivity index (χ0v) is 14.4. The van der Waals surface area contributed by atoms with E-state index in [4.69, 9.17) is 0 Å². The first-order valence-electron chi connectivity index (χ1n) is 8.13. The molecule has 9 nitrogen and oxygen atoms in total. The number of amides is 3. The number of nitrogens with zero attached hydrogens (tertiary/aromatic N) is 3. The lowest BCUT2D eigenvalue weighted by atomic mass is 10.1. The van der Waals surface area contributed by atoms with E-state index in [2.05, 4.69) is 20.9 Å². The maximum Gasteiger partial charge on any atom is 0.284 e. The van der Waals surface area contributed by atoms with Crippen LogP contribution in [0.5, 0.6) is 5.75 Å². The van der Waals surface area contributed by atoms with Crippen molar-refractivity contribution in [3.05, 3.63) is 59.9 Å². The number of pyridine rings is 1. The summed E-state index contributed by atoms with van der Waals surface area (Å²) in [7, 11) is 0. The molecular formula is C18H17N5O4. The number of hydrazine groups is 1. The first-order valence-corrected chi connectivity index (χ1v) is 8.13. The third-order valence-electron chi connectivity index (χ3n) is 4.05. The lowest BCUT2D eigenvalue weighted by Gasteiger charge is -2.14. The predicted octanol–water partition coefficient (Wildman–Crippen LogP) is 0.696. The summed E-state index contributed by atoms with van der Waals surface area (Å²) >= 11 is 0. The SMILES string of the molecule is CC1=NN(C(=O)c2ccccc2O)C(=O)C1CNNC(=O)c1ccncc1. The van der Waals surface area contributed by atoms with E-state index in [1.54, 1.807) is 31.2 Å². The Hall–Kier alpha value is -3.59. The highest BCUT2D eigenvalue weighted by Gasteiger charge is 2.38. The number of aromatic nitrogens is 1. The number of phenolic OH excluding ortho intramolecular Hbond substituents is 1. The van der Waals surface area contributed by atoms with Gasteiger partial charge in [0, 0.05) is 30.2 Å². The van der Waals surface area contributed by atoms with Crippen molar-refractivity contribution in [1.82, 2.24) is 20.8 Å². The molecule has 1 unspecified atom stereocenters. The van der Waals surface area contributed by atoms with E-state index in [-0.39, 0.29) is 23.8 Å². The lowest BCUT2D eigenvalue weighted by molar-refractivity contribution is -0.129. The molecule has 0 radical (unpaired) electrons. The summed E-state index contributed by atoms with van der Waals surface area (Å²) in [6.07, 6.45) is 2.99. The number of carbonyl (C=O) groups is 3. The topological polar surface area (TPSA) is 124 Å². The zero-order valence-electron chi connectivity index (χ0n) is 14.4. The van der Waals surface area contributed by atoms with Gasteiger partial charge in [0.25, 0.3) is 17.7 Å². The molecule has 0 saturated carbocycles. The number of rotatable bonds is 5. The van der Waals surface area contributed by atoms with E-state index in [0.717, 1.165) is 5.01 Å². The third-order valence-corrected chi connectivity index (χ3v) is 4.05. The minimum Gasteiger partial charge on any atom is -0.507 e. The van der Waals surface area contributed by atoms with Crippen LogP contribution in [0.2, 0.25) is 0 Å². The highest BCUT2D eigenvalue weighted by molar-refractivity contribution is 6.16. The molecule has 0 fully saturated rings. The predicted molar refractivity (Wildman–Crippen MR) is 95.6 cm³/mol. The summed E-state index contributed by atoms with van der Waals surface area (Å²) in [5.74, 6) is -2.56. The van der Waals surface area contributed by atoms with Gasteiger partial charge in [0.1, 0.15) is 5.75 Å². The van der Waals surface area contributed by atoms with E-state index in [1.165, 1.54) is 24.5 Å². The van der Waals surface area contributed by atoms with Gasteiger partial charge in [-0.25, -0.2) is 5.43 Å². The van der Waals surface area contributed by atoms with Crippen molar-refractivity contribution in [2.24, 2.45) is 11.0 Å². The Morgan fingerprint density at radius 1 is 1.19 bits per heavy atom. The van der Waals surface area contributed by atoms with Gasteiger partial charge in [0.05, 0.1) is 11.5 Å². The molecule has 27 heavy (non-hydrogen) atoms. The standard InChI is InChI=1S/C18H17N5O4/c1-11-14(10-20-21-16(25)12-6-8-19-9-7-12)18(27)23(22-11)17(26)13-4-2-3-5-15(13)24/h2-9,14,20,24H,10H2,1H3,(H,21,25). The van der Waals surface area contributed by atoms with Gasteiger partial charge in [-0.3, -0.25) is 24.8 Å². The van der Waals surface area contributed by atoms with Crippen LogP contribution < -0.4 is 10.9 Å². The Morgan fingerprint density at radius 3 is 2.59 bits per heavy atom. The van der Waals surface area contributed by atoms with Crippen molar-refractivity contribution in [3.8, 4) is 5.75 Å². The lowest BCUT2D eigenvalue weighted by Crippen LogP contribution is -2.44. The largest absolute Gasteiger partial charge is 0.507 e. The summed E-state index contributed by atoms with van der Waals surface area (Å²) in [5.41, 5.74) is 6.00. The molecule has 3 N–H and O–H groups in total. The Morgan fingerprint density at radius 2 is 1.89 bits per heavy atom. The van der Waals surface area contributed by atoms with Gasteiger partial charge in [0.2, 0.25) is 0 Å². The van der Waals surface area contributed by atoms with Crippen molar-refractivity contribution >= 4 is 23.4 Å². The number of carbonyl (C=O) groups excluding carboxylic acids is 3. The van der Waals surface area contributed by atoms with E-state index in [0.29, 0.717) is 11.3 Å². The highest BCUT2D eigenvalue weighted by atomic mass is 16.3. The summed E-state index contributed by atoms with van der Waals surface area (Å²) in [6.45, 7) is 1.68. The molecule has 1 atom stereocenters. The number of phenols is 1. The molecule has 2 heterocycles. The van der Waals surface area contributed by atoms with Crippen LogP contribution in [0.25, 0.3) is 0 Å². The van der Waals surface area contributed by atoms with E-state index in [1.807, 2.05) is 0 Å². The van der Waals surface area contributed by atoms with Crippen LogP contribution in [0.4, 0.5) is 0 Å². The normalized spacial score (nSPS) is 16.2. The number of benzene rings is 1. The fourth-order valence-corrected chi connectivity index (χ4v) is 2.56. The van der Waals surface area contributed by atoms with Gasteiger partial charge >= 0.3 is 0 Å².